The van der Waals surface area contributed by atoms with Crippen LogP contribution in [0.25, 0.3) is 5.65 Å². The monoisotopic (exact) mass is 342 g/mol. The van der Waals surface area contributed by atoms with Crippen molar-refractivity contribution in [2.45, 2.75) is 19.6 Å². The van der Waals surface area contributed by atoms with Crippen LogP contribution in [0.15, 0.2) is 40.8 Å². The quantitative estimate of drug-likeness (QED) is 0.729. The molecule has 0 radical (unpaired) electrons. The van der Waals surface area contributed by atoms with Crippen molar-refractivity contribution < 1.29 is 4.74 Å². The van der Waals surface area contributed by atoms with E-state index < -0.39 is 0 Å². The second-order valence-corrected chi connectivity index (χ2v) is 6.91. The molecule has 1 aliphatic rings. The normalized spacial score (nSPS) is 19.0. The van der Waals surface area contributed by atoms with E-state index in [0.717, 1.165) is 29.4 Å². The van der Waals surface area contributed by atoms with Crippen LogP contribution in [-0.2, 0) is 11.3 Å². The summed E-state index contributed by atoms with van der Waals surface area (Å²) in [7, 11) is 0. The fourth-order valence-corrected chi connectivity index (χ4v) is 3.63. The zero-order valence-electron chi connectivity index (χ0n) is 13.4. The van der Waals surface area contributed by atoms with Crippen LogP contribution in [-0.4, -0.2) is 39.0 Å². The van der Waals surface area contributed by atoms with Crippen molar-refractivity contribution in [3.63, 3.8) is 0 Å². The van der Waals surface area contributed by atoms with Crippen LogP contribution >= 0.6 is 11.3 Å². The Kier molecular flexibility index (Phi) is 4.13. The molecule has 1 fully saturated rings. The number of fused-ring (bicyclic) bond motifs is 1. The SMILES string of the molecule is Cc1ccc2nc(CN3CCO[C@@H](c4nccs4)C3)cc(=O)n2c1. The van der Waals surface area contributed by atoms with Gasteiger partial charge in [0.25, 0.3) is 5.56 Å². The molecule has 4 heterocycles. The molecule has 1 atom stereocenters. The van der Waals surface area contributed by atoms with E-state index in [1.165, 1.54) is 0 Å². The number of rotatable bonds is 3. The minimum absolute atomic E-state index is 0.00273. The van der Waals surface area contributed by atoms with Crippen LogP contribution in [0.3, 0.4) is 0 Å². The molecule has 0 saturated carbocycles. The molecule has 6 nitrogen and oxygen atoms in total. The van der Waals surface area contributed by atoms with Gasteiger partial charge in [0.05, 0.1) is 12.3 Å². The zero-order valence-corrected chi connectivity index (χ0v) is 14.2. The van der Waals surface area contributed by atoms with Gasteiger partial charge in [0, 0.05) is 43.5 Å². The third-order valence-electron chi connectivity index (χ3n) is 4.12. The van der Waals surface area contributed by atoms with E-state index in [4.69, 9.17) is 4.74 Å². The molecule has 24 heavy (non-hydrogen) atoms. The maximum Gasteiger partial charge on any atom is 0.258 e. The highest BCUT2D eigenvalue weighted by molar-refractivity contribution is 7.09. The molecule has 0 unspecified atom stereocenters. The lowest BCUT2D eigenvalue weighted by Gasteiger charge is -2.31. The second-order valence-electron chi connectivity index (χ2n) is 5.99. The van der Waals surface area contributed by atoms with Gasteiger partial charge >= 0.3 is 0 Å². The van der Waals surface area contributed by atoms with Gasteiger partial charge in [-0.1, -0.05) is 6.07 Å². The lowest BCUT2D eigenvalue weighted by atomic mass is 10.2. The fraction of sp³-hybridized carbons (Fsp3) is 0.353. The van der Waals surface area contributed by atoms with Gasteiger partial charge in [0.1, 0.15) is 16.8 Å². The summed E-state index contributed by atoms with van der Waals surface area (Å²) in [6.45, 7) is 4.87. The van der Waals surface area contributed by atoms with Crippen molar-refractivity contribution in [3.05, 3.63) is 62.6 Å². The van der Waals surface area contributed by atoms with Gasteiger partial charge in [-0.05, 0) is 18.6 Å². The number of aromatic nitrogens is 3. The van der Waals surface area contributed by atoms with Crippen molar-refractivity contribution in [3.8, 4) is 0 Å². The Morgan fingerprint density at radius 2 is 2.33 bits per heavy atom. The number of nitrogens with zero attached hydrogens (tertiary/aromatic N) is 4. The third-order valence-corrected chi connectivity index (χ3v) is 4.99. The van der Waals surface area contributed by atoms with E-state index in [1.54, 1.807) is 28.0 Å². The third kappa shape index (κ3) is 3.10. The van der Waals surface area contributed by atoms with Crippen LogP contribution in [0.2, 0.25) is 0 Å². The van der Waals surface area contributed by atoms with E-state index in [0.29, 0.717) is 18.8 Å². The van der Waals surface area contributed by atoms with Gasteiger partial charge in [0.15, 0.2) is 0 Å². The van der Waals surface area contributed by atoms with Crippen molar-refractivity contribution in [1.29, 1.82) is 0 Å². The highest BCUT2D eigenvalue weighted by atomic mass is 32.1. The summed E-state index contributed by atoms with van der Waals surface area (Å²) in [5, 5.41) is 2.97. The largest absolute Gasteiger partial charge is 0.368 e. The molecule has 0 spiro atoms. The predicted octanol–water partition coefficient (Wildman–Crippen LogP) is 2.03. The smallest absolute Gasteiger partial charge is 0.258 e. The number of aryl methyl sites for hydroxylation is 1. The summed E-state index contributed by atoms with van der Waals surface area (Å²) in [6, 6.07) is 5.48. The summed E-state index contributed by atoms with van der Waals surface area (Å²) in [4.78, 5) is 23.6. The Morgan fingerprint density at radius 3 is 3.17 bits per heavy atom. The summed E-state index contributed by atoms with van der Waals surface area (Å²) >= 11 is 1.61. The lowest BCUT2D eigenvalue weighted by molar-refractivity contribution is -0.0333. The molecule has 1 aliphatic heterocycles. The van der Waals surface area contributed by atoms with Crippen molar-refractivity contribution in [2.24, 2.45) is 0 Å². The zero-order chi connectivity index (χ0) is 16.5. The summed E-state index contributed by atoms with van der Waals surface area (Å²) in [5.41, 5.74) is 2.48. The van der Waals surface area contributed by atoms with Gasteiger partial charge in [-0.15, -0.1) is 11.3 Å². The minimum atomic E-state index is -0.0385. The summed E-state index contributed by atoms with van der Waals surface area (Å²) in [5.74, 6) is 0. The number of hydrogen-bond acceptors (Lipinski definition) is 6. The van der Waals surface area contributed by atoms with Crippen molar-refractivity contribution in [1.82, 2.24) is 19.3 Å². The molecule has 0 N–H and O–H groups in total. The first-order chi connectivity index (χ1) is 11.7. The van der Waals surface area contributed by atoms with Gasteiger partial charge in [-0.3, -0.25) is 14.1 Å². The average Bonchev–Trinajstić information content (AvgIpc) is 3.10. The molecular formula is C17H18N4O2S. The molecule has 0 aliphatic carbocycles. The molecule has 0 bridgehead atoms. The first kappa shape index (κ1) is 15.4. The maximum absolute atomic E-state index is 12.3. The predicted molar refractivity (Wildman–Crippen MR) is 92.3 cm³/mol. The maximum atomic E-state index is 12.3. The second kappa shape index (κ2) is 6.43. The summed E-state index contributed by atoms with van der Waals surface area (Å²) < 4.78 is 7.41. The highest BCUT2D eigenvalue weighted by Gasteiger charge is 2.24. The minimum Gasteiger partial charge on any atom is -0.368 e. The van der Waals surface area contributed by atoms with Crippen molar-refractivity contribution >= 4 is 17.0 Å². The summed E-state index contributed by atoms with van der Waals surface area (Å²) in [6.07, 6.45) is 3.63. The number of morpholine rings is 1. The standard InChI is InChI=1S/C17H18N4O2S/c1-12-2-3-15-19-13(8-16(22)21(15)9-12)10-20-5-6-23-14(11-20)17-18-4-7-24-17/h2-4,7-9,14H,5-6,10-11H2,1H3/t14-/m1/s1. The van der Waals surface area contributed by atoms with Gasteiger partial charge in [0.2, 0.25) is 0 Å². The lowest BCUT2D eigenvalue weighted by Crippen LogP contribution is -2.38. The van der Waals surface area contributed by atoms with Crippen LogP contribution in [0.1, 0.15) is 22.4 Å². The molecular weight excluding hydrogens is 324 g/mol. The molecule has 124 valence electrons. The van der Waals surface area contributed by atoms with Crippen LogP contribution in [0, 0.1) is 6.92 Å². The van der Waals surface area contributed by atoms with Crippen molar-refractivity contribution in [2.75, 3.05) is 19.7 Å². The molecule has 1 saturated heterocycles. The molecule has 3 aromatic rings. The van der Waals surface area contributed by atoms with E-state index in [1.807, 2.05) is 30.6 Å². The van der Waals surface area contributed by atoms with E-state index in [9.17, 15) is 4.79 Å². The number of ether oxygens (including phenoxy) is 1. The number of thiazole rings is 1. The molecule has 0 amide bonds. The fourth-order valence-electron chi connectivity index (χ4n) is 2.96. The molecule has 0 aromatic carbocycles. The average molecular weight is 342 g/mol. The molecule has 4 rings (SSSR count). The van der Waals surface area contributed by atoms with Crippen LogP contribution < -0.4 is 5.56 Å². The Labute approximate surface area is 143 Å². The first-order valence-electron chi connectivity index (χ1n) is 7.91. The van der Waals surface area contributed by atoms with Gasteiger partial charge in [-0.2, -0.15) is 0 Å². The van der Waals surface area contributed by atoms with Gasteiger partial charge in [-0.25, -0.2) is 9.97 Å². The Balaban J connectivity index is 1.55. The van der Waals surface area contributed by atoms with E-state index >= 15 is 0 Å². The molecule has 7 heteroatoms. The Hall–Kier alpha value is -2.09. The number of hydrogen-bond donors (Lipinski definition) is 0. The van der Waals surface area contributed by atoms with Gasteiger partial charge < -0.3 is 4.74 Å². The van der Waals surface area contributed by atoms with E-state index in [2.05, 4.69) is 14.9 Å². The van der Waals surface area contributed by atoms with Crippen LogP contribution in [0.4, 0.5) is 0 Å². The molecule has 3 aromatic heterocycles. The first-order valence-corrected chi connectivity index (χ1v) is 8.79. The van der Waals surface area contributed by atoms with Crippen LogP contribution in [0.5, 0.6) is 0 Å². The number of pyridine rings is 1. The van der Waals surface area contributed by atoms with E-state index in [-0.39, 0.29) is 11.7 Å². The highest BCUT2D eigenvalue weighted by Crippen LogP contribution is 2.24. The Bertz CT molecular complexity index is 907. The topological polar surface area (TPSA) is 59.7 Å². The Morgan fingerprint density at radius 1 is 1.42 bits per heavy atom.